The van der Waals surface area contributed by atoms with E-state index in [-0.39, 0.29) is 36.2 Å². The summed E-state index contributed by atoms with van der Waals surface area (Å²) in [5.41, 5.74) is 2.71. The summed E-state index contributed by atoms with van der Waals surface area (Å²) in [4.78, 5) is 53.2. The maximum atomic E-state index is 11.3. The Hall–Kier alpha value is -3.09. The zero-order chi connectivity index (χ0) is 106. The van der Waals surface area contributed by atoms with Crippen molar-refractivity contribution in [2.45, 2.75) is 486 Å². The number of esters is 3. The molecule has 1 spiro atoms. The number of hydrogen-bond donors (Lipinski definition) is 0. The first-order valence-corrected chi connectivity index (χ1v) is 57.5. The quantitative estimate of drug-likeness (QED) is 0.0339. The highest BCUT2D eigenvalue weighted by Crippen LogP contribution is 2.48. The van der Waals surface area contributed by atoms with Crippen LogP contribution in [0.5, 0.6) is 0 Å². The molecule has 838 valence electrons. The number of piperazine rings is 1. The van der Waals surface area contributed by atoms with Crippen LogP contribution in [0.3, 0.4) is 0 Å². The molecule has 1 saturated carbocycles. The third kappa shape index (κ3) is 92.7. The number of likely N-dealkylation sites (N-methyl/N-ethyl adjacent to an activating group) is 1. The van der Waals surface area contributed by atoms with Crippen LogP contribution in [-0.4, -0.2) is 359 Å². The normalized spacial score (nSPS) is 19.6. The van der Waals surface area contributed by atoms with Gasteiger partial charge in [-0.2, -0.15) is 0 Å². The Morgan fingerprint density at radius 1 is 0.305 bits per heavy atom. The van der Waals surface area contributed by atoms with Gasteiger partial charge in [0.05, 0.1) is 91.6 Å². The van der Waals surface area contributed by atoms with Gasteiger partial charge in [0.15, 0.2) is 0 Å². The number of rotatable bonds is 51. The predicted molar refractivity (Wildman–Crippen MR) is 593 cm³/mol. The first-order valence-electron chi connectivity index (χ1n) is 57.5. The highest BCUT2D eigenvalue weighted by molar-refractivity contribution is 5.70. The molecule has 24 heteroatoms. The molecule has 24 nitrogen and oxygen atoms in total. The van der Waals surface area contributed by atoms with E-state index in [0.29, 0.717) is 97.9 Å². The van der Waals surface area contributed by atoms with Gasteiger partial charge in [-0.15, -0.1) is 0 Å². The molecule has 0 amide bonds. The van der Waals surface area contributed by atoms with E-state index < -0.39 is 0 Å². The second kappa shape index (κ2) is 90.8. The highest BCUT2D eigenvalue weighted by Gasteiger charge is 2.46. The lowest BCUT2D eigenvalue weighted by molar-refractivity contribution is -0.148. The average Bonchev–Trinajstić information content (AvgIpc) is 0.763. The maximum absolute atomic E-state index is 11.3. The van der Waals surface area contributed by atoms with Gasteiger partial charge in [0, 0.05) is 177 Å². The van der Waals surface area contributed by atoms with E-state index in [1.165, 1.54) is 206 Å². The van der Waals surface area contributed by atoms with Crippen LogP contribution in [0, 0.1) is 10.8 Å². The van der Waals surface area contributed by atoms with E-state index in [9.17, 15) is 14.4 Å². The number of carbonyl (C=O) groups is 3. The van der Waals surface area contributed by atoms with E-state index in [2.05, 4.69) is 244 Å². The smallest absolute Gasteiger partial charge is 0.306 e. The van der Waals surface area contributed by atoms with E-state index in [4.69, 9.17) is 61.6 Å². The number of hydrogen-bond acceptors (Lipinski definition) is 24. The molecule has 0 radical (unpaired) electrons. The van der Waals surface area contributed by atoms with E-state index in [1.807, 2.05) is 47.6 Å². The summed E-state index contributed by atoms with van der Waals surface area (Å²) in [6.45, 7) is 98.7. The van der Waals surface area contributed by atoms with Crippen LogP contribution in [-0.2, 0) is 82.4 Å². The zero-order valence-corrected chi connectivity index (χ0v) is 98.4. The van der Waals surface area contributed by atoms with Gasteiger partial charge in [0.2, 0.25) is 0 Å². The minimum absolute atomic E-state index is 0.0208. The van der Waals surface area contributed by atoms with Gasteiger partial charge in [0.25, 0.3) is 0 Å². The number of unbranched alkanes of at least 4 members (excludes halogenated alkanes) is 2. The molecule has 141 heavy (non-hydrogen) atoms. The largest absolute Gasteiger partial charge is 0.463 e. The predicted octanol–water partition coefficient (Wildman–Crippen LogP) is 23.7. The number of carbonyl (C=O) groups excluding carboxylic acids is 3. The molecule has 1 aliphatic carbocycles. The lowest BCUT2D eigenvalue weighted by Crippen LogP contribution is -2.59. The van der Waals surface area contributed by atoms with Gasteiger partial charge in [0.1, 0.15) is 0 Å². The number of likely N-dealkylation sites (tertiary alicyclic amines) is 4. The van der Waals surface area contributed by atoms with Crippen molar-refractivity contribution in [1.29, 1.82) is 0 Å². The summed E-state index contributed by atoms with van der Waals surface area (Å²) in [5, 5.41) is 0. The summed E-state index contributed by atoms with van der Waals surface area (Å²) in [6.07, 6.45) is 36.9. The topological polar surface area (TPSA) is 197 Å². The van der Waals surface area contributed by atoms with Crippen LogP contribution in [0.15, 0.2) is 30.3 Å². The second-order valence-electron chi connectivity index (χ2n) is 44.6. The third-order valence-corrected chi connectivity index (χ3v) is 24.4. The molecule has 4 atom stereocenters. The summed E-state index contributed by atoms with van der Waals surface area (Å²) >= 11 is 0. The van der Waals surface area contributed by atoms with Crippen molar-refractivity contribution in [2.24, 2.45) is 10.8 Å². The standard InChI is InChI=1S/C13H27NO.2C12H25NO2.2C12H23NO2.C12H23NO.C12H18O.C11H24N2O.C8H16O2.C7H16O.C6H14O/c1-12(2)15-10-6-9-14-8-5-7-13(3,4)11-14;2*1-10(2)14-7-5-6-13-8-11(3)15-12(4)9-13;2*1-11(2)15-12(14)7-6-10-13-8-4-3-5-9-13;1-11(2)14-8-4-7-13-9-12(10-13)5-3-6-12;1-11(2)13-10-6-9-12-7-4-3-5-8-12;1-11(2)14-10-4-5-13-8-6-12(3)7-9-13;1-4-5-6-8(9)10-7(2)3;1-4-5-6-8-7(2)3;1-4-5-7-6(2)3/h12H,5-11H2,1-4H3;2*10-12H,5-9H2,1-4H3;2*11H,3-10H2,1-2H3;11H,3-10H2,1-2H3;3-5,7-8,11H,6,9-10H2,1-2H3;11H,4-10H2,1-3H3;7H,4-6H2,1-3H3;7H,4-6H2,1-3H3;6H,4-5H2,1-3H3/t;11-,12+;;;;;;;;;. The molecule has 7 saturated heterocycles. The molecule has 2 unspecified atom stereocenters. The van der Waals surface area contributed by atoms with Gasteiger partial charge in [-0.25, -0.2) is 0 Å². The second-order valence-corrected chi connectivity index (χ2v) is 44.6. The Morgan fingerprint density at radius 2 is 0.603 bits per heavy atom. The fourth-order valence-electron chi connectivity index (χ4n) is 17.4. The minimum atomic E-state index is -0.0724. The van der Waals surface area contributed by atoms with Gasteiger partial charge in [-0.1, -0.05) is 97.1 Å². The van der Waals surface area contributed by atoms with Crippen molar-refractivity contribution in [3.8, 4) is 0 Å². The number of ether oxygens (including phenoxy) is 13. The van der Waals surface area contributed by atoms with Crippen LogP contribution in [0.2, 0.25) is 0 Å². The van der Waals surface area contributed by atoms with Crippen molar-refractivity contribution in [1.82, 2.24) is 39.2 Å². The van der Waals surface area contributed by atoms with Crippen LogP contribution in [0.4, 0.5) is 0 Å². The molecule has 0 N–H and O–H groups in total. The van der Waals surface area contributed by atoms with E-state index in [0.717, 1.165) is 168 Å². The molecule has 7 aliphatic heterocycles. The van der Waals surface area contributed by atoms with Crippen molar-refractivity contribution in [2.75, 3.05) is 210 Å². The first kappa shape index (κ1) is 140. The number of aryl methyl sites for hydroxylation is 1. The SMILES string of the molecule is CC(C)OC(=O)CCCN1CCCCC1.CC(C)OC(=O)CCCN1CCCCC1.CC(C)OCCCN1CC(C)OC(C)C1.CC(C)OCCCN1CC2(CCC2)C1.CC(C)OCCCN1CCCC(C)(C)C1.CC(C)OCCCN1CCN(C)CC1.CC(C)OCCCN1C[C@@H](C)O[C@@H](C)C1.CC(C)OCCCc1ccccc1.CCCCC(=O)OC(C)C.CCCCOC(C)C.CCCOC(C)C. The van der Waals surface area contributed by atoms with E-state index in [1.54, 1.807) is 0 Å². The molecule has 9 rings (SSSR count). The van der Waals surface area contributed by atoms with Gasteiger partial charge < -0.3 is 91.0 Å². The molecule has 8 aliphatic rings. The number of nitrogens with zero attached hydrogens (tertiary/aromatic N) is 8. The Morgan fingerprint density at radius 3 is 0.915 bits per heavy atom. The number of morpholine rings is 2. The molecule has 0 aromatic heterocycles. The Labute approximate surface area is 871 Å². The molecule has 1 aromatic carbocycles. The van der Waals surface area contributed by atoms with Gasteiger partial charge in [-0.3, -0.25) is 24.2 Å². The van der Waals surface area contributed by atoms with E-state index >= 15 is 0 Å². The van der Waals surface area contributed by atoms with Gasteiger partial charge in [-0.05, 0) is 378 Å². The molecule has 7 heterocycles. The monoisotopic (exact) mass is 2010 g/mol. The molecule has 1 aromatic rings. The maximum Gasteiger partial charge on any atom is 0.306 e. The summed E-state index contributed by atoms with van der Waals surface area (Å²) in [6, 6.07) is 10.5. The fourth-order valence-corrected chi connectivity index (χ4v) is 17.4. The first-order chi connectivity index (χ1) is 66.9. The van der Waals surface area contributed by atoms with Crippen molar-refractivity contribution < 1.29 is 76.0 Å². The van der Waals surface area contributed by atoms with Crippen molar-refractivity contribution in [3.05, 3.63) is 35.9 Å². The lowest BCUT2D eigenvalue weighted by Gasteiger charge is -2.56. The fraction of sp³-hybridized carbons (Fsp3) is 0.923. The number of piperidine rings is 3. The third-order valence-electron chi connectivity index (χ3n) is 24.4. The Kier molecular flexibility index (Phi) is 90.1. The van der Waals surface area contributed by atoms with Crippen LogP contribution in [0.1, 0.15) is 394 Å². The van der Waals surface area contributed by atoms with Crippen molar-refractivity contribution >= 4 is 17.9 Å². The van der Waals surface area contributed by atoms with Crippen LogP contribution in [0.25, 0.3) is 0 Å². The molecule has 8 fully saturated rings. The summed E-state index contributed by atoms with van der Waals surface area (Å²) in [5.74, 6) is -0.180. The molecule has 0 bridgehead atoms. The van der Waals surface area contributed by atoms with Gasteiger partial charge >= 0.3 is 17.9 Å². The molecular weight excluding hydrogens is 1770 g/mol. The van der Waals surface area contributed by atoms with Crippen molar-refractivity contribution in [3.63, 3.8) is 0 Å². The number of benzene rings is 1. The summed E-state index contributed by atoms with van der Waals surface area (Å²) < 4.78 is 70.0. The van der Waals surface area contributed by atoms with Crippen LogP contribution >= 0.6 is 0 Å². The average molecular weight is 2010 g/mol. The molecular formula is C117H234N8O16. The summed E-state index contributed by atoms with van der Waals surface area (Å²) in [7, 11) is 2.19. The zero-order valence-electron chi connectivity index (χ0n) is 98.4. The highest BCUT2D eigenvalue weighted by atomic mass is 16.6. The Balaban J connectivity index is 0. The Bertz CT molecular complexity index is 2770. The minimum Gasteiger partial charge on any atom is -0.463 e. The lowest BCUT2D eigenvalue weighted by atomic mass is 9.63. The van der Waals surface area contributed by atoms with Crippen LogP contribution < -0.4 is 0 Å².